The third kappa shape index (κ3) is 3.03. The van der Waals surface area contributed by atoms with E-state index in [1.165, 1.54) is 12.1 Å². The first kappa shape index (κ1) is 14.2. The third-order valence-electron chi connectivity index (χ3n) is 2.94. The highest BCUT2D eigenvalue weighted by Gasteiger charge is 2.18. The van der Waals surface area contributed by atoms with E-state index >= 15 is 0 Å². The van der Waals surface area contributed by atoms with E-state index in [1.807, 2.05) is 6.92 Å². The zero-order valence-corrected chi connectivity index (χ0v) is 11.3. The van der Waals surface area contributed by atoms with Crippen LogP contribution in [0.15, 0.2) is 36.8 Å². The molecule has 20 heavy (non-hydrogen) atoms. The molecule has 0 saturated carbocycles. The summed E-state index contributed by atoms with van der Waals surface area (Å²) in [5, 5.41) is 0. The van der Waals surface area contributed by atoms with Gasteiger partial charge in [0, 0.05) is 31.5 Å². The van der Waals surface area contributed by atoms with Gasteiger partial charge >= 0.3 is 0 Å². The molecular weight excluding hydrogens is 259 g/mol. The van der Waals surface area contributed by atoms with Crippen LogP contribution in [0.3, 0.4) is 0 Å². The van der Waals surface area contributed by atoms with Gasteiger partial charge in [-0.25, -0.2) is 9.37 Å². The zero-order valence-electron chi connectivity index (χ0n) is 11.3. The summed E-state index contributed by atoms with van der Waals surface area (Å²) in [6.07, 6.45) is 3.25. The van der Waals surface area contributed by atoms with Gasteiger partial charge in [0.05, 0.1) is 6.33 Å². The smallest absolute Gasteiger partial charge is 0.278 e. The number of anilines is 1. The van der Waals surface area contributed by atoms with Crippen LogP contribution in [0, 0.1) is 5.82 Å². The standard InChI is InChI=1S/C14H17FN4O/c1-2-19(12-5-3-11(15)4-6-12)14(20)13-9-18(8-7-16)10-17-13/h3-6,9-10H,2,7-8,16H2,1H3. The number of aromatic nitrogens is 2. The van der Waals surface area contributed by atoms with Crippen molar-refractivity contribution in [3.05, 3.63) is 48.3 Å². The molecule has 2 rings (SSSR count). The van der Waals surface area contributed by atoms with Gasteiger partial charge in [-0.2, -0.15) is 0 Å². The average Bonchev–Trinajstić information content (AvgIpc) is 2.90. The lowest BCUT2D eigenvalue weighted by Gasteiger charge is -2.19. The fourth-order valence-corrected chi connectivity index (χ4v) is 1.94. The number of nitrogens with zero attached hydrogens (tertiary/aromatic N) is 3. The summed E-state index contributed by atoms with van der Waals surface area (Å²) in [6, 6.07) is 5.82. The fraction of sp³-hybridized carbons (Fsp3) is 0.286. The summed E-state index contributed by atoms with van der Waals surface area (Å²) in [6.45, 7) is 3.44. The number of halogens is 1. The van der Waals surface area contributed by atoms with Crippen molar-refractivity contribution >= 4 is 11.6 Å². The van der Waals surface area contributed by atoms with E-state index < -0.39 is 0 Å². The van der Waals surface area contributed by atoms with E-state index in [9.17, 15) is 9.18 Å². The van der Waals surface area contributed by atoms with E-state index in [1.54, 1.807) is 34.1 Å². The number of rotatable bonds is 5. The molecule has 1 amide bonds. The summed E-state index contributed by atoms with van der Waals surface area (Å²) < 4.78 is 14.7. The number of carbonyl (C=O) groups excluding carboxylic acids is 1. The molecule has 1 heterocycles. The van der Waals surface area contributed by atoms with Gasteiger partial charge in [0.1, 0.15) is 11.5 Å². The second-order valence-electron chi connectivity index (χ2n) is 4.31. The summed E-state index contributed by atoms with van der Waals surface area (Å²) in [5.41, 5.74) is 6.45. The number of hydrogen-bond donors (Lipinski definition) is 1. The molecule has 6 heteroatoms. The molecule has 0 aliphatic heterocycles. The lowest BCUT2D eigenvalue weighted by molar-refractivity contribution is 0.0984. The van der Waals surface area contributed by atoms with Gasteiger partial charge in [-0.3, -0.25) is 4.79 Å². The molecule has 0 atom stereocenters. The van der Waals surface area contributed by atoms with Gasteiger partial charge in [-0.15, -0.1) is 0 Å². The molecule has 0 bridgehead atoms. The van der Waals surface area contributed by atoms with Crippen LogP contribution in [0.4, 0.5) is 10.1 Å². The molecule has 1 aromatic carbocycles. The summed E-state index contributed by atoms with van der Waals surface area (Å²) in [7, 11) is 0. The number of imidazole rings is 1. The van der Waals surface area contributed by atoms with Gasteiger partial charge in [0.2, 0.25) is 0 Å². The van der Waals surface area contributed by atoms with Gasteiger partial charge in [-0.1, -0.05) is 0 Å². The fourth-order valence-electron chi connectivity index (χ4n) is 1.94. The minimum absolute atomic E-state index is 0.213. The van der Waals surface area contributed by atoms with E-state index in [2.05, 4.69) is 4.98 Å². The van der Waals surface area contributed by atoms with Crippen molar-refractivity contribution in [1.29, 1.82) is 0 Å². The number of benzene rings is 1. The largest absolute Gasteiger partial charge is 0.335 e. The van der Waals surface area contributed by atoms with Crippen LogP contribution in [-0.2, 0) is 6.54 Å². The predicted molar refractivity (Wildman–Crippen MR) is 75.0 cm³/mol. The number of hydrogen-bond acceptors (Lipinski definition) is 3. The Morgan fingerprint density at radius 2 is 2.10 bits per heavy atom. The molecule has 2 N–H and O–H groups in total. The van der Waals surface area contributed by atoms with Gasteiger partial charge in [0.15, 0.2) is 0 Å². The molecule has 0 fully saturated rings. The first-order valence-corrected chi connectivity index (χ1v) is 6.45. The SMILES string of the molecule is CCN(C(=O)c1cn(CCN)cn1)c1ccc(F)cc1. The number of nitrogens with two attached hydrogens (primary N) is 1. The Kier molecular flexibility index (Phi) is 4.47. The molecule has 5 nitrogen and oxygen atoms in total. The maximum atomic E-state index is 12.9. The van der Waals surface area contributed by atoms with E-state index in [0.717, 1.165) is 0 Å². The van der Waals surface area contributed by atoms with Crippen LogP contribution in [0.5, 0.6) is 0 Å². The molecule has 0 unspecified atom stereocenters. The molecule has 0 spiro atoms. The predicted octanol–water partition coefficient (Wildman–Crippen LogP) is 1.65. The van der Waals surface area contributed by atoms with Crippen molar-refractivity contribution < 1.29 is 9.18 Å². The second-order valence-corrected chi connectivity index (χ2v) is 4.31. The lowest BCUT2D eigenvalue weighted by atomic mass is 10.2. The van der Waals surface area contributed by atoms with Crippen molar-refractivity contribution in [3.8, 4) is 0 Å². The molecule has 0 aliphatic carbocycles. The molecule has 1 aromatic heterocycles. The van der Waals surface area contributed by atoms with Gasteiger partial charge < -0.3 is 15.2 Å². The first-order chi connectivity index (χ1) is 9.65. The van der Waals surface area contributed by atoms with E-state index in [4.69, 9.17) is 5.73 Å². The monoisotopic (exact) mass is 276 g/mol. The quantitative estimate of drug-likeness (QED) is 0.903. The lowest BCUT2D eigenvalue weighted by Crippen LogP contribution is -2.30. The van der Waals surface area contributed by atoms with Crippen molar-refractivity contribution in [1.82, 2.24) is 9.55 Å². The minimum Gasteiger partial charge on any atom is -0.335 e. The molecule has 2 aromatic rings. The Morgan fingerprint density at radius 3 is 2.70 bits per heavy atom. The first-order valence-electron chi connectivity index (χ1n) is 6.45. The van der Waals surface area contributed by atoms with Crippen LogP contribution in [0.1, 0.15) is 17.4 Å². The van der Waals surface area contributed by atoms with Crippen LogP contribution in [-0.4, -0.2) is 28.5 Å². The second kappa shape index (κ2) is 6.29. The minimum atomic E-state index is -0.329. The Hall–Kier alpha value is -2.21. The maximum Gasteiger partial charge on any atom is 0.278 e. The van der Waals surface area contributed by atoms with Crippen molar-refractivity contribution in [2.24, 2.45) is 5.73 Å². The van der Waals surface area contributed by atoms with Crippen molar-refractivity contribution in [3.63, 3.8) is 0 Å². The van der Waals surface area contributed by atoms with Gasteiger partial charge in [0.25, 0.3) is 5.91 Å². The Morgan fingerprint density at radius 1 is 1.40 bits per heavy atom. The number of amides is 1. The normalized spacial score (nSPS) is 10.6. The molecule has 0 saturated heterocycles. The molecular formula is C14H17FN4O. The zero-order chi connectivity index (χ0) is 14.5. The van der Waals surface area contributed by atoms with Crippen LogP contribution >= 0.6 is 0 Å². The third-order valence-corrected chi connectivity index (χ3v) is 2.94. The van der Waals surface area contributed by atoms with E-state index in [0.29, 0.717) is 31.0 Å². The average molecular weight is 276 g/mol. The van der Waals surface area contributed by atoms with Crippen LogP contribution in [0.25, 0.3) is 0 Å². The van der Waals surface area contributed by atoms with E-state index in [-0.39, 0.29) is 11.7 Å². The molecule has 0 radical (unpaired) electrons. The summed E-state index contributed by atoms with van der Waals surface area (Å²) in [4.78, 5) is 18.0. The topological polar surface area (TPSA) is 64.2 Å². The maximum absolute atomic E-state index is 12.9. The Labute approximate surface area is 116 Å². The summed E-state index contributed by atoms with van der Waals surface area (Å²) >= 11 is 0. The highest BCUT2D eigenvalue weighted by Crippen LogP contribution is 2.17. The van der Waals surface area contributed by atoms with Crippen LogP contribution < -0.4 is 10.6 Å². The van der Waals surface area contributed by atoms with Crippen LogP contribution in [0.2, 0.25) is 0 Å². The highest BCUT2D eigenvalue weighted by molar-refractivity contribution is 6.04. The Balaban J connectivity index is 2.21. The van der Waals surface area contributed by atoms with Crippen molar-refractivity contribution in [2.75, 3.05) is 18.0 Å². The summed E-state index contributed by atoms with van der Waals surface area (Å²) in [5.74, 6) is -0.542. The van der Waals surface area contributed by atoms with Gasteiger partial charge in [-0.05, 0) is 31.2 Å². The highest BCUT2D eigenvalue weighted by atomic mass is 19.1. The molecule has 106 valence electrons. The number of carbonyl (C=O) groups is 1. The Bertz CT molecular complexity index is 579. The molecule has 0 aliphatic rings. The van der Waals surface area contributed by atoms with Crippen molar-refractivity contribution in [2.45, 2.75) is 13.5 Å².